The number of halogens is 1. The van der Waals surface area contributed by atoms with Gasteiger partial charge in [0.05, 0.1) is 12.2 Å². The number of para-hydroxylation sites is 1. The predicted molar refractivity (Wildman–Crippen MR) is 128 cm³/mol. The lowest BCUT2D eigenvalue weighted by molar-refractivity contribution is -0.140. The second-order valence-corrected chi connectivity index (χ2v) is 8.78. The fraction of sp³-hybridized carbons (Fsp3) is 0.423. The molecule has 8 heteroatoms. The van der Waals surface area contributed by atoms with Crippen molar-refractivity contribution in [3.05, 3.63) is 66.0 Å². The second-order valence-electron chi connectivity index (χ2n) is 8.78. The molecule has 7 nitrogen and oxygen atoms in total. The van der Waals surface area contributed by atoms with Gasteiger partial charge >= 0.3 is 0 Å². The number of nitrogens with zero attached hydrogens (tertiary/aromatic N) is 4. The lowest BCUT2D eigenvalue weighted by atomic mass is 9.85. The van der Waals surface area contributed by atoms with Crippen LogP contribution in [0.15, 0.2) is 54.6 Å². The molecule has 0 unspecified atom stereocenters. The summed E-state index contributed by atoms with van der Waals surface area (Å²) in [6.45, 7) is 6.05. The molecule has 0 atom stereocenters. The van der Waals surface area contributed by atoms with Crippen LogP contribution < -0.4 is 4.90 Å². The van der Waals surface area contributed by atoms with E-state index < -0.39 is 11.4 Å². The highest BCUT2D eigenvalue weighted by molar-refractivity contribution is 5.97. The molecule has 0 aliphatic carbocycles. The van der Waals surface area contributed by atoms with Gasteiger partial charge in [-0.25, -0.2) is 4.39 Å². The van der Waals surface area contributed by atoms with E-state index in [1.807, 2.05) is 44.2 Å². The van der Waals surface area contributed by atoms with Gasteiger partial charge in [-0.2, -0.15) is 0 Å². The van der Waals surface area contributed by atoms with Gasteiger partial charge in [0.1, 0.15) is 17.9 Å². The van der Waals surface area contributed by atoms with Crippen molar-refractivity contribution in [2.24, 2.45) is 0 Å². The summed E-state index contributed by atoms with van der Waals surface area (Å²) in [6.07, 6.45) is 0.827. The maximum absolute atomic E-state index is 14.2. The van der Waals surface area contributed by atoms with E-state index in [0.29, 0.717) is 45.7 Å². The summed E-state index contributed by atoms with van der Waals surface area (Å²) in [5.74, 6) is -1.07. The number of rotatable bonds is 6. The molecule has 1 spiro atoms. The number of hydrogen-bond donors (Lipinski definition) is 0. The first kappa shape index (κ1) is 23.7. The van der Waals surface area contributed by atoms with Crippen LogP contribution in [0.5, 0.6) is 0 Å². The minimum absolute atomic E-state index is 0.0312. The molecule has 2 aliphatic rings. The van der Waals surface area contributed by atoms with Crippen molar-refractivity contribution in [2.75, 3.05) is 44.3 Å². The number of piperidine rings is 1. The highest BCUT2D eigenvalue weighted by Crippen LogP contribution is 2.39. The zero-order valence-corrected chi connectivity index (χ0v) is 19.7. The minimum Gasteiger partial charge on any atom is -0.342 e. The molecule has 4 rings (SSSR count). The summed E-state index contributed by atoms with van der Waals surface area (Å²) in [7, 11) is 0. The summed E-state index contributed by atoms with van der Waals surface area (Å²) in [5, 5.41) is 0. The van der Waals surface area contributed by atoms with Gasteiger partial charge in [0.25, 0.3) is 11.8 Å². The van der Waals surface area contributed by atoms with Gasteiger partial charge in [0.2, 0.25) is 5.91 Å². The number of carbonyl (C=O) groups is 3. The number of amides is 3. The van der Waals surface area contributed by atoms with Gasteiger partial charge in [-0.1, -0.05) is 30.3 Å². The molecule has 0 N–H and O–H groups in total. The molecule has 2 aromatic carbocycles. The predicted octanol–water partition coefficient (Wildman–Crippen LogP) is 2.98. The molecule has 2 heterocycles. The number of carbonyl (C=O) groups excluding carboxylic acids is 3. The van der Waals surface area contributed by atoms with Crippen LogP contribution in [0.2, 0.25) is 0 Å². The zero-order chi connectivity index (χ0) is 24.3. The van der Waals surface area contributed by atoms with Crippen LogP contribution in [0, 0.1) is 5.82 Å². The summed E-state index contributed by atoms with van der Waals surface area (Å²) >= 11 is 0. The highest BCUT2D eigenvalue weighted by Gasteiger charge is 2.54. The quantitative estimate of drug-likeness (QED) is 0.657. The van der Waals surface area contributed by atoms with Crippen LogP contribution in [0.4, 0.5) is 10.1 Å². The van der Waals surface area contributed by atoms with E-state index in [2.05, 4.69) is 4.90 Å². The largest absolute Gasteiger partial charge is 0.342 e. The number of benzene rings is 2. The van der Waals surface area contributed by atoms with E-state index in [0.717, 1.165) is 5.69 Å². The van der Waals surface area contributed by atoms with Gasteiger partial charge in [-0.15, -0.1) is 0 Å². The van der Waals surface area contributed by atoms with Crippen LogP contribution in [0.3, 0.4) is 0 Å². The third-order valence-electron chi connectivity index (χ3n) is 7.01. The van der Waals surface area contributed by atoms with Gasteiger partial charge < -0.3 is 19.6 Å². The molecule has 0 saturated carbocycles. The van der Waals surface area contributed by atoms with Crippen LogP contribution in [-0.4, -0.2) is 77.4 Å². The zero-order valence-electron chi connectivity index (χ0n) is 19.7. The fourth-order valence-corrected chi connectivity index (χ4v) is 5.05. The van der Waals surface area contributed by atoms with Gasteiger partial charge in [-0.3, -0.25) is 14.4 Å². The monoisotopic (exact) mass is 466 g/mol. The molecule has 2 aliphatic heterocycles. The Morgan fingerprint density at radius 3 is 2.21 bits per heavy atom. The molecule has 3 amide bonds. The average Bonchev–Trinajstić information content (AvgIpc) is 3.12. The van der Waals surface area contributed by atoms with Crippen molar-refractivity contribution in [3.8, 4) is 0 Å². The third kappa shape index (κ3) is 4.24. The van der Waals surface area contributed by atoms with Crippen molar-refractivity contribution < 1.29 is 18.8 Å². The summed E-state index contributed by atoms with van der Waals surface area (Å²) in [6, 6.07) is 15.7. The molecule has 0 aromatic heterocycles. The van der Waals surface area contributed by atoms with Gasteiger partial charge in [0.15, 0.2) is 0 Å². The van der Waals surface area contributed by atoms with Crippen molar-refractivity contribution in [1.82, 2.24) is 14.7 Å². The van der Waals surface area contributed by atoms with E-state index in [1.54, 1.807) is 26.8 Å². The van der Waals surface area contributed by atoms with E-state index in [-0.39, 0.29) is 29.8 Å². The van der Waals surface area contributed by atoms with Crippen molar-refractivity contribution in [3.63, 3.8) is 0 Å². The molecule has 0 radical (unpaired) electrons. The standard InChI is InChI=1S/C26H31FN4O3/c1-3-28(4-2)23(32)18-30-19-31(20-10-6-5-7-11-20)26(25(30)34)14-16-29(17-15-26)24(33)21-12-8-9-13-22(21)27/h5-13H,3-4,14-19H2,1-2H3. The SMILES string of the molecule is CCN(CC)C(=O)CN1CN(c2ccccc2)C2(CCN(C(=O)c3ccccc3F)CC2)C1=O. The topological polar surface area (TPSA) is 64.2 Å². The number of hydrogen-bond acceptors (Lipinski definition) is 4. The molecule has 34 heavy (non-hydrogen) atoms. The Balaban J connectivity index is 1.57. The van der Waals surface area contributed by atoms with Crippen LogP contribution in [-0.2, 0) is 9.59 Å². The highest BCUT2D eigenvalue weighted by atomic mass is 19.1. The molecule has 2 saturated heterocycles. The Morgan fingerprint density at radius 2 is 1.59 bits per heavy atom. The molecular weight excluding hydrogens is 435 g/mol. The van der Waals surface area contributed by atoms with Crippen molar-refractivity contribution >= 4 is 23.4 Å². The minimum atomic E-state index is -0.836. The first-order valence-electron chi connectivity index (χ1n) is 11.8. The van der Waals surface area contributed by atoms with E-state index >= 15 is 0 Å². The molecule has 180 valence electrons. The Bertz CT molecular complexity index is 1050. The summed E-state index contributed by atoms with van der Waals surface area (Å²) < 4.78 is 14.2. The van der Waals surface area contributed by atoms with Crippen LogP contribution in [0.1, 0.15) is 37.0 Å². The second kappa shape index (κ2) is 9.83. The number of likely N-dealkylation sites (N-methyl/N-ethyl adjacent to an activating group) is 1. The first-order chi connectivity index (χ1) is 16.4. The van der Waals surface area contributed by atoms with Gasteiger partial charge in [0, 0.05) is 31.9 Å². The molecule has 2 fully saturated rings. The molecular formula is C26H31FN4O3. The smallest absolute Gasteiger partial charge is 0.256 e. The maximum Gasteiger partial charge on any atom is 0.256 e. The number of anilines is 1. The number of likely N-dealkylation sites (tertiary alicyclic amines) is 1. The van der Waals surface area contributed by atoms with Crippen LogP contribution in [0.25, 0.3) is 0 Å². The Kier molecular flexibility index (Phi) is 6.86. The summed E-state index contributed by atoms with van der Waals surface area (Å²) in [4.78, 5) is 46.5. The van der Waals surface area contributed by atoms with E-state index in [9.17, 15) is 18.8 Å². The fourth-order valence-electron chi connectivity index (χ4n) is 5.05. The maximum atomic E-state index is 14.2. The Labute approximate surface area is 199 Å². The Hall–Kier alpha value is -3.42. The molecule has 2 aromatic rings. The van der Waals surface area contributed by atoms with Gasteiger partial charge in [-0.05, 0) is 51.0 Å². The third-order valence-corrected chi connectivity index (χ3v) is 7.01. The average molecular weight is 467 g/mol. The Morgan fingerprint density at radius 1 is 0.971 bits per heavy atom. The lowest BCUT2D eigenvalue weighted by Gasteiger charge is -2.43. The van der Waals surface area contributed by atoms with Crippen molar-refractivity contribution in [2.45, 2.75) is 32.2 Å². The van der Waals surface area contributed by atoms with E-state index in [4.69, 9.17) is 0 Å². The van der Waals surface area contributed by atoms with E-state index in [1.165, 1.54) is 12.1 Å². The molecule has 0 bridgehead atoms. The normalized spacial score (nSPS) is 17.4. The van der Waals surface area contributed by atoms with Crippen LogP contribution >= 0.6 is 0 Å². The summed E-state index contributed by atoms with van der Waals surface area (Å²) in [5.41, 5.74) is 0.113. The van der Waals surface area contributed by atoms with Crippen molar-refractivity contribution in [1.29, 1.82) is 0 Å². The lowest BCUT2D eigenvalue weighted by Crippen LogP contribution is -2.57. The first-order valence-corrected chi connectivity index (χ1v) is 11.8.